The molecule has 0 saturated heterocycles. The van der Waals surface area contributed by atoms with Gasteiger partial charge in [-0.3, -0.25) is 0 Å². The number of thiophene rings is 1. The molecular weight excluding hydrogens is 254 g/mol. The van der Waals surface area contributed by atoms with Crippen LogP contribution < -0.4 is 4.90 Å². The van der Waals surface area contributed by atoms with Crippen LogP contribution in [-0.2, 0) is 0 Å². The fraction of sp³-hybridized carbons (Fsp3) is 0.500. The molecule has 2 aromatic heterocycles. The van der Waals surface area contributed by atoms with Crippen LogP contribution in [0.3, 0.4) is 0 Å². The van der Waals surface area contributed by atoms with Crippen LogP contribution in [0.25, 0.3) is 10.2 Å². The van der Waals surface area contributed by atoms with Gasteiger partial charge in [-0.25, -0.2) is 4.98 Å². The maximum Gasteiger partial charge on any atom is 0.225 e. The number of hydrogen-bond acceptors (Lipinski definition) is 4. The van der Waals surface area contributed by atoms with Gasteiger partial charge in [-0.05, 0) is 30.5 Å². The molecule has 3 nitrogen and oxygen atoms in total. The summed E-state index contributed by atoms with van der Waals surface area (Å²) in [4.78, 5) is 13.0. The fourth-order valence-electron chi connectivity index (χ4n) is 1.93. The van der Waals surface area contributed by atoms with E-state index in [2.05, 4.69) is 41.7 Å². The van der Waals surface area contributed by atoms with Crippen molar-refractivity contribution in [2.24, 2.45) is 5.92 Å². The van der Waals surface area contributed by atoms with Crippen molar-refractivity contribution in [3.8, 4) is 0 Å². The lowest BCUT2D eigenvalue weighted by Crippen LogP contribution is -2.23. The topological polar surface area (TPSA) is 29.0 Å². The first-order chi connectivity index (χ1) is 7.97. The zero-order chi connectivity index (χ0) is 12.6. The highest BCUT2D eigenvalue weighted by atomic mass is 35.5. The van der Waals surface area contributed by atoms with Crippen molar-refractivity contribution in [2.45, 2.75) is 20.8 Å². The Morgan fingerprint density at radius 3 is 2.76 bits per heavy atom. The molecule has 0 aliphatic rings. The van der Waals surface area contributed by atoms with Gasteiger partial charge in [-0.15, -0.1) is 11.3 Å². The monoisotopic (exact) mass is 269 g/mol. The third-order valence-corrected chi connectivity index (χ3v) is 3.58. The zero-order valence-electron chi connectivity index (χ0n) is 10.5. The molecule has 0 atom stereocenters. The van der Waals surface area contributed by atoms with Crippen molar-refractivity contribution < 1.29 is 0 Å². The molecule has 0 fully saturated rings. The molecule has 0 amide bonds. The van der Waals surface area contributed by atoms with Crippen LogP contribution in [0, 0.1) is 12.8 Å². The average molecular weight is 270 g/mol. The second-order valence-electron chi connectivity index (χ2n) is 4.67. The lowest BCUT2D eigenvalue weighted by Gasteiger charge is -2.21. The summed E-state index contributed by atoms with van der Waals surface area (Å²) in [6.07, 6.45) is 0. The fourth-order valence-corrected chi connectivity index (χ4v) is 3.02. The molecule has 0 spiro atoms. The first kappa shape index (κ1) is 12.6. The van der Waals surface area contributed by atoms with E-state index in [1.165, 1.54) is 4.88 Å². The van der Waals surface area contributed by atoms with E-state index in [1.807, 2.05) is 7.05 Å². The normalized spacial score (nSPS) is 11.4. The van der Waals surface area contributed by atoms with Gasteiger partial charge in [0.1, 0.15) is 10.6 Å². The Balaban J connectivity index is 2.51. The molecule has 0 aliphatic carbocycles. The molecule has 0 N–H and O–H groups in total. The standard InChI is InChI=1S/C12H16ClN3S/c1-7(2)6-16(4)10-9-5-8(3)17-11(9)15-12(13)14-10/h5,7H,6H2,1-4H3. The molecule has 0 aromatic carbocycles. The quantitative estimate of drug-likeness (QED) is 0.795. The van der Waals surface area contributed by atoms with Gasteiger partial charge in [0.15, 0.2) is 0 Å². The molecule has 0 bridgehead atoms. The smallest absolute Gasteiger partial charge is 0.225 e. The lowest BCUT2D eigenvalue weighted by molar-refractivity contribution is 0.635. The summed E-state index contributed by atoms with van der Waals surface area (Å²) in [6, 6.07) is 2.13. The van der Waals surface area contributed by atoms with Gasteiger partial charge >= 0.3 is 0 Å². The largest absolute Gasteiger partial charge is 0.359 e. The van der Waals surface area contributed by atoms with Gasteiger partial charge in [0.2, 0.25) is 5.28 Å². The molecular formula is C12H16ClN3S. The minimum Gasteiger partial charge on any atom is -0.359 e. The number of anilines is 1. The Morgan fingerprint density at radius 2 is 2.12 bits per heavy atom. The lowest BCUT2D eigenvalue weighted by atomic mass is 10.2. The summed E-state index contributed by atoms with van der Waals surface area (Å²) in [5, 5.41) is 1.42. The Bertz CT molecular complexity index is 536. The van der Waals surface area contributed by atoms with Gasteiger partial charge in [0, 0.05) is 18.5 Å². The van der Waals surface area contributed by atoms with E-state index in [0.29, 0.717) is 11.2 Å². The summed E-state index contributed by atoms with van der Waals surface area (Å²) < 4.78 is 0. The Morgan fingerprint density at radius 1 is 1.41 bits per heavy atom. The van der Waals surface area contributed by atoms with Gasteiger partial charge in [0.05, 0.1) is 5.39 Å². The van der Waals surface area contributed by atoms with Crippen LogP contribution in [0.1, 0.15) is 18.7 Å². The van der Waals surface area contributed by atoms with Crippen molar-refractivity contribution in [3.05, 3.63) is 16.2 Å². The maximum atomic E-state index is 5.97. The van der Waals surface area contributed by atoms with Crippen LogP contribution in [0.5, 0.6) is 0 Å². The molecule has 2 heterocycles. The number of halogens is 1. The molecule has 0 aliphatic heterocycles. The summed E-state index contributed by atoms with van der Waals surface area (Å²) in [7, 11) is 2.05. The Hall–Kier alpha value is -0.870. The Kier molecular flexibility index (Phi) is 3.54. The molecule has 5 heteroatoms. The highest BCUT2D eigenvalue weighted by Crippen LogP contribution is 2.31. The summed E-state index contributed by atoms with van der Waals surface area (Å²) in [5.74, 6) is 1.52. The molecule has 92 valence electrons. The van der Waals surface area contributed by atoms with E-state index in [9.17, 15) is 0 Å². The maximum absolute atomic E-state index is 5.97. The van der Waals surface area contributed by atoms with E-state index < -0.39 is 0 Å². The molecule has 2 aromatic rings. The number of aromatic nitrogens is 2. The first-order valence-corrected chi connectivity index (χ1v) is 6.81. The second kappa shape index (κ2) is 4.78. The van der Waals surface area contributed by atoms with Crippen LogP contribution in [0.2, 0.25) is 5.28 Å². The van der Waals surface area contributed by atoms with Crippen LogP contribution >= 0.6 is 22.9 Å². The van der Waals surface area contributed by atoms with Crippen LogP contribution in [0.4, 0.5) is 5.82 Å². The van der Waals surface area contributed by atoms with Crippen LogP contribution in [-0.4, -0.2) is 23.6 Å². The van der Waals surface area contributed by atoms with Gasteiger partial charge in [-0.1, -0.05) is 13.8 Å². The van der Waals surface area contributed by atoms with E-state index in [1.54, 1.807) is 11.3 Å². The summed E-state index contributed by atoms with van der Waals surface area (Å²) in [5.41, 5.74) is 0. The van der Waals surface area contributed by atoms with E-state index in [4.69, 9.17) is 11.6 Å². The van der Waals surface area contributed by atoms with Crippen molar-refractivity contribution in [2.75, 3.05) is 18.5 Å². The van der Waals surface area contributed by atoms with E-state index in [0.717, 1.165) is 22.6 Å². The van der Waals surface area contributed by atoms with E-state index in [-0.39, 0.29) is 0 Å². The highest BCUT2D eigenvalue weighted by molar-refractivity contribution is 7.18. The average Bonchev–Trinajstić information content (AvgIpc) is 2.55. The van der Waals surface area contributed by atoms with Crippen molar-refractivity contribution in [1.29, 1.82) is 0 Å². The number of fused-ring (bicyclic) bond motifs is 1. The number of rotatable bonds is 3. The Labute approximate surface area is 110 Å². The van der Waals surface area contributed by atoms with Crippen molar-refractivity contribution >= 4 is 39.0 Å². The number of aryl methyl sites for hydroxylation is 1. The summed E-state index contributed by atoms with van der Waals surface area (Å²) in [6.45, 7) is 7.41. The third-order valence-electron chi connectivity index (χ3n) is 2.47. The van der Waals surface area contributed by atoms with Crippen molar-refractivity contribution in [3.63, 3.8) is 0 Å². The first-order valence-electron chi connectivity index (χ1n) is 5.62. The molecule has 0 saturated carbocycles. The zero-order valence-corrected chi connectivity index (χ0v) is 12.1. The second-order valence-corrected chi connectivity index (χ2v) is 6.24. The predicted molar refractivity (Wildman–Crippen MR) is 75.3 cm³/mol. The van der Waals surface area contributed by atoms with Gasteiger partial charge < -0.3 is 4.90 Å². The third kappa shape index (κ3) is 2.69. The van der Waals surface area contributed by atoms with Crippen LogP contribution in [0.15, 0.2) is 6.07 Å². The predicted octanol–water partition coefficient (Wildman–Crippen LogP) is 3.75. The summed E-state index contributed by atoms with van der Waals surface area (Å²) >= 11 is 7.63. The minimum atomic E-state index is 0.324. The highest BCUT2D eigenvalue weighted by Gasteiger charge is 2.13. The number of nitrogens with zero attached hydrogens (tertiary/aromatic N) is 3. The van der Waals surface area contributed by atoms with E-state index >= 15 is 0 Å². The van der Waals surface area contributed by atoms with Gasteiger partial charge in [-0.2, -0.15) is 4.98 Å². The minimum absolute atomic E-state index is 0.324. The van der Waals surface area contributed by atoms with Gasteiger partial charge in [0.25, 0.3) is 0 Å². The molecule has 0 radical (unpaired) electrons. The molecule has 2 rings (SSSR count). The SMILES string of the molecule is Cc1cc2c(N(C)CC(C)C)nc(Cl)nc2s1. The molecule has 0 unspecified atom stereocenters. The van der Waals surface area contributed by atoms with Crippen molar-refractivity contribution in [1.82, 2.24) is 9.97 Å². The number of hydrogen-bond donors (Lipinski definition) is 0. The molecule has 17 heavy (non-hydrogen) atoms.